The van der Waals surface area contributed by atoms with Gasteiger partial charge in [0.05, 0.1) is 17.6 Å². The average molecular weight is 419 g/mol. The Morgan fingerprint density at radius 1 is 1.20 bits per heavy atom. The molecule has 2 aliphatic heterocycles. The fourth-order valence-electron chi connectivity index (χ4n) is 3.82. The number of likely N-dealkylation sites (tertiary alicyclic amines) is 1. The summed E-state index contributed by atoms with van der Waals surface area (Å²) in [6.07, 6.45) is 2.34. The Kier molecular flexibility index (Phi) is 4.65. The number of carbonyl (C=O) groups is 2. The van der Waals surface area contributed by atoms with Gasteiger partial charge in [0.1, 0.15) is 0 Å². The first-order valence-electron chi connectivity index (χ1n) is 8.54. The fraction of sp³-hybridized carbons (Fsp3) is 0.368. The maximum Gasteiger partial charge on any atom is 0.228 e. The van der Waals surface area contributed by atoms with Crippen molar-refractivity contribution in [2.45, 2.75) is 25.3 Å². The van der Waals surface area contributed by atoms with E-state index in [0.717, 1.165) is 29.5 Å². The predicted molar refractivity (Wildman–Crippen MR) is 103 cm³/mol. The lowest BCUT2D eigenvalue weighted by Gasteiger charge is -2.26. The molecule has 0 saturated carbocycles. The highest BCUT2D eigenvalue weighted by Gasteiger charge is 2.41. The predicted octanol–water partition coefficient (Wildman–Crippen LogP) is 4.23. The summed E-state index contributed by atoms with van der Waals surface area (Å²) in [4.78, 5) is 30.6. The normalized spacial score (nSPS) is 23.5. The van der Waals surface area contributed by atoms with Crippen LogP contribution in [0.25, 0.3) is 0 Å². The van der Waals surface area contributed by atoms with Gasteiger partial charge in [-0.15, -0.1) is 11.3 Å². The summed E-state index contributed by atoms with van der Waals surface area (Å²) in [7, 11) is 0. The molecule has 2 saturated heterocycles. The minimum atomic E-state index is -0.250. The number of rotatable bonds is 3. The molecule has 0 spiro atoms. The van der Waals surface area contributed by atoms with Gasteiger partial charge >= 0.3 is 0 Å². The van der Waals surface area contributed by atoms with Crippen LogP contribution in [0.1, 0.15) is 30.2 Å². The van der Waals surface area contributed by atoms with Gasteiger partial charge in [-0.05, 0) is 52.4 Å². The number of para-hydroxylation sites is 1. The van der Waals surface area contributed by atoms with Crippen LogP contribution >= 0.6 is 27.3 Å². The molecule has 4 rings (SSSR count). The Hall–Kier alpha value is -1.66. The van der Waals surface area contributed by atoms with Crippen LogP contribution in [0.15, 0.2) is 46.3 Å². The van der Waals surface area contributed by atoms with E-state index in [4.69, 9.17) is 0 Å². The summed E-state index contributed by atoms with van der Waals surface area (Å²) >= 11 is 5.21. The third-order valence-corrected chi connectivity index (χ3v) is 6.67. The van der Waals surface area contributed by atoms with Crippen molar-refractivity contribution >= 4 is 44.8 Å². The van der Waals surface area contributed by atoms with Crippen LogP contribution in [0.3, 0.4) is 0 Å². The molecule has 1 aromatic carbocycles. The Morgan fingerprint density at radius 2 is 2.04 bits per heavy atom. The second-order valence-electron chi connectivity index (χ2n) is 6.56. The molecule has 2 fully saturated rings. The molecule has 0 N–H and O–H groups in total. The van der Waals surface area contributed by atoms with Crippen LogP contribution < -0.4 is 4.90 Å². The lowest BCUT2D eigenvalue weighted by Crippen LogP contribution is -2.36. The second-order valence-corrected chi connectivity index (χ2v) is 8.40. The molecule has 0 bridgehead atoms. The number of hydrogen-bond acceptors (Lipinski definition) is 3. The molecule has 25 heavy (non-hydrogen) atoms. The van der Waals surface area contributed by atoms with Crippen LogP contribution in [-0.4, -0.2) is 29.8 Å². The minimum Gasteiger partial charge on any atom is -0.335 e. The van der Waals surface area contributed by atoms with Gasteiger partial charge in [-0.1, -0.05) is 18.2 Å². The monoisotopic (exact) mass is 418 g/mol. The van der Waals surface area contributed by atoms with Crippen LogP contribution in [-0.2, 0) is 9.59 Å². The van der Waals surface area contributed by atoms with Gasteiger partial charge in [0, 0.05) is 28.9 Å². The number of amides is 2. The molecule has 2 atom stereocenters. The maximum atomic E-state index is 13.1. The number of nitrogens with zero attached hydrogens (tertiary/aromatic N) is 2. The molecule has 2 amide bonds. The van der Waals surface area contributed by atoms with Gasteiger partial charge in [-0.25, -0.2) is 0 Å². The van der Waals surface area contributed by atoms with Crippen molar-refractivity contribution in [1.82, 2.24) is 4.90 Å². The highest BCUT2D eigenvalue weighted by atomic mass is 79.9. The first-order valence-corrected chi connectivity index (χ1v) is 10.2. The van der Waals surface area contributed by atoms with Crippen molar-refractivity contribution in [3.63, 3.8) is 0 Å². The summed E-state index contributed by atoms with van der Waals surface area (Å²) in [6, 6.07) is 12.0. The van der Waals surface area contributed by atoms with E-state index >= 15 is 0 Å². The van der Waals surface area contributed by atoms with Crippen LogP contribution in [0.5, 0.6) is 0 Å². The zero-order valence-corrected chi connectivity index (χ0v) is 16.1. The smallest absolute Gasteiger partial charge is 0.228 e. The van der Waals surface area contributed by atoms with Crippen LogP contribution in [0, 0.1) is 5.92 Å². The summed E-state index contributed by atoms with van der Waals surface area (Å²) in [5, 5.41) is 2.06. The van der Waals surface area contributed by atoms with E-state index in [0.29, 0.717) is 13.0 Å². The minimum absolute atomic E-state index is 0.0251. The average Bonchev–Trinajstić information content (AvgIpc) is 3.35. The van der Waals surface area contributed by atoms with E-state index in [1.165, 1.54) is 4.88 Å². The molecule has 130 valence electrons. The van der Waals surface area contributed by atoms with Gasteiger partial charge in [-0.3, -0.25) is 9.59 Å². The highest BCUT2D eigenvalue weighted by Crippen LogP contribution is 2.38. The van der Waals surface area contributed by atoms with E-state index in [-0.39, 0.29) is 23.8 Å². The number of halogens is 1. The molecule has 6 heteroatoms. The first kappa shape index (κ1) is 16.8. The number of thiophene rings is 1. The fourth-order valence-corrected chi connectivity index (χ4v) is 5.19. The Morgan fingerprint density at radius 3 is 2.80 bits per heavy atom. The molecule has 0 unspecified atom stereocenters. The number of carbonyl (C=O) groups excluding carboxylic acids is 2. The zero-order chi connectivity index (χ0) is 17.4. The largest absolute Gasteiger partial charge is 0.335 e. The summed E-state index contributed by atoms with van der Waals surface area (Å²) < 4.78 is 0.883. The SMILES string of the molecule is O=C1C[C@@H](C(=O)N2CCC[C@H]2c2cccs2)CN1c1ccccc1Br. The topological polar surface area (TPSA) is 40.6 Å². The molecule has 0 aliphatic carbocycles. The zero-order valence-electron chi connectivity index (χ0n) is 13.7. The molecular formula is C19H19BrN2O2S. The van der Waals surface area contributed by atoms with Crippen LogP contribution in [0.4, 0.5) is 5.69 Å². The third kappa shape index (κ3) is 3.13. The van der Waals surface area contributed by atoms with E-state index in [1.54, 1.807) is 16.2 Å². The van der Waals surface area contributed by atoms with Gasteiger partial charge < -0.3 is 9.80 Å². The lowest BCUT2D eigenvalue weighted by atomic mass is 10.1. The molecule has 2 aliphatic rings. The molecule has 3 heterocycles. The van der Waals surface area contributed by atoms with Gasteiger partial charge in [0.25, 0.3) is 0 Å². The van der Waals surface area contributed by atoms with Crippen LogP contribution in [0.2, 0.25) is 0 Å². The number of hydrogen-bond donors (Lipinski definition) is 0. The van der Waals surface area contributed by atoms with Crippen molar-refractivity contribution in [2.24, 2.45) is 5.92 Å². The van der Waals surface area contributed by atoms with Crippen molar-refractivity contribution in [1.29, 1.82) is 0 Å². The van der Waals surface area contributed by atoms with Gasteiger partial charge in [0.15, 0.2) is 0 Å². The lowest BCUT2D eigenvalue weighted by molar-refractivity contribution is -0.136. The van der Waals surface area contributed by atoms with E-state index in [1.807, 2.05) is 35.2 Å². The maximum absolute atomic E-state index is 13.1. The standard InChI is InChI=1S/C19H19BrN2O2S/c20-14-5-1-2-6-15(14)22-12-13(11-18(22)23)19(24)21-9-3-7-16(21)17-8-4-10-25-17/h1-2,4-6,8,10,13,16H,3,7,9,11-12H2/t13-,16+/m1/s1. The van der Waals surface area contributed by atoms with Gasteiger partial charge in [0.2, 0.25) is 11.8 Å². The van der Waals surface area contributed by atoms with E-state index in [2.05, 4.69) is 27.4 Å². The summed E-state index contributed by atoms with van der Waals surface area (Å²) in [5.41, 5.74) is 0.846. The molecular weight excluding hydrogens is 400 g/mol. The van der Waals surface area contributed by atoms with Crippen molar-refractivity contribution in [3.8, 4) is 0 Å². The second kappa shape index (κ2) is 6.92. The number of benzene rings is 1. The van der Waals surface area contributed by atoms with Gasteiger partial charge in [-0.2, -0.15) is 0 Å². The first-order chi connectivity index (χ1) is 12.1. The van der Waals surface area contributed by atoms with E-state index < -0.39 is 0 Å². The Bertz CT molecular complexity index is 792. The van der Waals surface area contributed by atoms with Crippen molar-refractivity contribution in [3.05, 3.63) is 51.1 Å². The Balaban J connectivity index is 1.52. The molecule has 1 aromatic heterocycles. The van der Waals surface area contributed by atoms with Crippen molar-refractivity contribution < 1.29 is 9.59 Å². The number of anilines is 1. The highest BCUT2D eigenvalue weighted by molar-refractivity contribution is 9.10. The quantitative estimate of drug-likeness (QED) is 0.747. The third-order valence-electron chi connectivity index (χ3n) is 5.03. The summed E-state index contributed by atoms with van der Waals surface area (Å²) in [6.45, 7) is 1.26. The Labute approximate surface area is 159 Å². The molecule has 2 aromatic rings. The summed E-state index contributed by atoms with van der Waals surface area (Å²) in [5.74, 6) is -0.101. The van der Waals surface area contributed by atoms with Crippen molar-refractivity contribution in [2.75, 3.05) is 18.0 Å². The van der Waals surface area contributed by atoms with E-state index in [9.17, 15) is 9.59 Å². The molecule has 0 radical (unpaired) electrons. The molecule has 4 nitrogen and oxygen atoms in total.